The van der Waals surface area contributed by atoms with Gasteiger partial charge < -0.3 is 25.9 Å². The third-order valence-corrected chi connectivity index (χ3v) is 6.06. The third-order valence-electron chi connectivity index (χ3n) is 5.63. The first-order chi connectivity index (χ1) is 15.3. The zero-order valence-electron chi connectivity index (χ0n) is 17.7. The summed E-state index contributed by atoms with van der Waals surface area (Å²) in [5.74, 6) is -0.501. The molecule has 4 N–H and O–H groups in total. The molecule has 0 radical (unpaired) electrons. The summed E-state index contributed by atoms with van der Waals surface area (Å²) < 4.78 is 15.1. The molecule has 2 heterocycles. The second-order valence-electron chi connectivity index (χ2n) is 7.92. The smallest absolute Gasteiger partial charge is 0.207 e. The van der Waals surface area contributed by atoms with Gasteiger partial charge >= 0.3 is 0 Å². The fourth-order valence-corrected chi connectivity index (χ4v) is 4.43. The van der Waals surface area contributed by atoms with E-state index in [2.05, 4.69) is 15.3 Å². The Morgan fingerprint density at radius 3 is 2.72 bits per heavy atom. The van der Waals surface area contributed by atoms with E-state index in [-0.39, 0.29) is 24.1 Å². The van der Waals surface area contributed by atoms with Crippen molar-refractivity contribution in [3.8, 4) is 0 Å². The van der Waals surface area contributed by atoms with Crippen LogP contribution in [0, 0.1) is 11.7 Å². The average Bonchev–Trinajstić information content (AvgIpc) is 2.74. The summed E-state index contributed by atoms with van der Waals surface area (Å²) in [6, 6.07) is 4.75. The van der Waals surface area contributed by atoms with E-state index in [1.165, 1.54) is 6.33 Å². The van der Waals surface area contributed by atoms with Gasteiger partial charge in [0.15, 0.2) is 11.6 Å². The van der Waals surface area contributed by atoms with Crippen LogP contribution in [0.3, 0.4) is 0 Å². The predicted molar refractivity (Wildman–Crippen MR) is 124 cm³/mol. The molecule has 8 nitrogen and oxygen atoms in total. The van der Waals surface area contributed by atoms with Crippen LogP contribution in [0.5, 0.6) is 0 Å². The van der Waals surface area contributed by atoms with E-state index in [1.807, 2.05) is 4.90 Å². The van der Waals surface area contributed by atoms with Crippen LogP contribution in [-0.2, 0) is 11.3 Å². The van der Waals surface area contributed by atoms with E-state index in [1.54, 1.807) is 30.1 Å². The number of aliphatic hydroxyl groups is 1. The van der Waals surface area contributed by atoms with Gasteiger partial charge in [0.1, 0.15) is 12.6 Å². The number of nitrogens with zero attached hydrogens (tertiary/aromatic N) is 4. The highest BCUT2D eigenvalue weighted by Gasteiger charge is 2.31. The Hall–Kier alpha value is -2.04. The number of hydrogen-bond acceptors (Lipinski definition) is 8. The fraction of sp³-hybridized carbons (Fsp3) is 0.476. The van der Waals surface area contributed by atoms with Crippen molar-refractivity contribution < 1.29 is 14.3 Å². The Morgan fingerprint density at radius 1 is 1.38 bits per heavy atom. The van der Waals surface area contributed by atoms with E-state index < -0.39 is 18.0 Å². The summed E-state index contributed by atoms with van der Waals surface area (Å²) in [5, 5.41) is 14.5. The van der Waals surface area contributed by atoms with Crippen LogP contribution in [0.15, 0.2) is 24.5 Å². The fourth-order valence-electron chi connectivity index (χ4n) is 3.86. The van der Waals surface area contributed by atoms with Crippen molar-refractivity contribution in [2.45, 2.75) is 25.1 Å². The number of nitrogens with one attached hydrogen (secondary N) is 1. The lowest BCUT2D eigenvalue weighted by Gasteiger charge is -2.38. The number of hydrogen-bond donors (Lipinski definition) is 3. The van der Waals surface area contributed by atoms with Crippen LogP contribution in [0.2, 0.25) is 10.0 Å². The molecule has 0 aliphatic carbocycles. The van der Waals surface area contributed by atoms with Gasteiger partial charge in [-0.2, -0.15) is 4.39 Å². The van der Waals surface area contributed by atoms with Gasteiger partial charge in [-0.25, -0.2) is 9.97 Å². The highest BCUT2D eigenvalue weighted by atomic mass is 35.5. The molecule has 0 spiro atoms. The Labute approximate surface area is 196 Å². The Morgan fingerprint density at radius 2 is 2.09 bits per heavy atom. The normalized spacial score (nSPS) is 20.1. The maximum Gasteiger partial charge on any atom is 0.207 e. The lowest BCUT2D eigenvalue weighted by Crippen LogP contribution is -2.52. The number of carbonyl (C=O) groups excluding carboxylic acids is 1. The van der Waals surface area contributed by atoms with E-state index in [4.69, 9.17) is 28.9 Å². The molecule has 0 saturated carbocycles. The van der Waals surface area contributed by atoms with Gasteiger partial charge in [-0.3, -0.25) is 4.90 Å². The number of halogens is 3. The van der Waals surface area contributed by atoms with E-state index in [9.17, 15) is 9.90 Å². The van der Waals surface area contributed by atoms with E-state index >= 15 is 4.39 Å². The second-order valence-corrected chi connectivity index (χ2v) is 8.80. The van der Waals surface area contributed by atoms with Crippen molar-refractivity contribution in [2.24, 2.45) is 11.7 Å². The molecule has 1 aliphatic rings. The summed E-state index contributed by atoms with van der Waals surface area (Å²) >= 11 is 12.1. The Kier molecular flexibility index (Phi) is 8.61. The number of β-amino-alcohol motifs (C(OH)–C–C–N with tert-alkyl or cyclic N) is 1. The van der Waals surface area contributed by atoms with Crippen LogP contribution in [0.25, 0.3) is 0 Å². The van der Waals surface area contributed by atoms with E-state index in [0.29, 0.717) is 42.6 Å². The van der Waals surface area contributed by atoms with Crippen molar-refractivity contribution in [3.05, 3.63) is 46.0 Å². The monoisotopic (exact) mass is 484 g/mol. The number of aromatic nitrogens is 2. The second kappa shape index (κ2) is 11.2. The summed E-state index contributed by atoms with van der Waals surface area (Å²) in [6.45, 7) is 1.87. The Bertz CT molecular complexity index is 917. The van der Waals surface area contributed by atoms with Crippen molar-refractivity contribution in [3.63, 3.8) is 0 Å². The van der Waals surface area contributed by atoms with Gasteiger partial charge in [-0.15, -0.1) is 0 Å². The minimum atomic E-state index is -0.662. The predicted octanol–water partition coefficient (Wildman–Crippen LogP) is 2.18. The van der Waals surface area contributed by atoms with Crippen molar-refractivity contribution in [1.82, 2.24) is 14.9 Å². The molecular formula is C21H27Cl2FN6O2. The highest BCUT2D eigenvalue weighted by molar-refractivity contribution is 6.34. The molecule has 32 heavy (non-hydrogen) atoms. The maximum atomic E-state index is 15.1. The molecule has 1 unspecified atom stereocenters. The molecule has 11 heteroatoms. The molecule has 1 aliphatic heterocycles. The Balaban J connectivity index is 1.62. The molecule has 1 fully saturated rings. The zero-order valence-corrected chi connectivity index (χ0v) is 19.2. The first kappa shape index (κ1) is 24.6. The SMILES string of the molecule is CN(Cc1cc(Cl)cc(Cl)c1)c1ncnc(NC[C@@H]2CCN(C(C=O)CN)C[C@H]2O)c1F. The number of likely N-dealkylation sites (tertiary alicyclic amines) is 1. The molecule has 0 bridgehead atoms. The molecule has 3 rings (SSSR count). The van der Waals surface area contributed by atoms with Gasteiger partial charge in [0.2, 0.25) is 5.82 Å². The summed E-state index contributed by atoms with van der Waals surface area (Å²) in [6.07, 6.45) is 2.08. The minimum absolute atomic E-state index is 0.0633. The largest absolute Gasteiger partial charge is 0.391 e. The van der Waals surface area contributed by atoms with E-state index in [0.717, 1.165) is 11.8 Å². The lowest BCUT2D eigenvalue weighted by atomic mass is 9.93. The first-order valence-electron chi connectivity index (χ1n) is 10.3. The molecule has 1 aromatic carbocycles. The van der Waals surface area contributed by atoms with Crippen LogP contribution in [0.4, 0.5) is 16.0 Å². The first-order valence-corrected chi connectivity index (χ1v) is 11.1. The van der Waals surface area contributed by atoms with Gasteiger partial charge in [0, 0.05) is 49.2 Å². The number of rotatable bonds is 9. The van der Waals surface area contributed by atoms with Crippen molar-refractivity contribution in [2.75, 3.05) is 43.4 Å². The van der Waals surface area contributed by atoms with Gasteiger partial charge in [0.25, 0.3) is 0 Å². The number of carbonyl (C=O) groups is 1. The van der Waals surface area contributed by atoms with Crippen LogP contribution < -0.4 is 16.0 Å². The number of anilines is 2. The topological polar surface area (TPSA) is 108 Å². The van der Waals surface area contributed by atoms with Gasteiger partial charge in [-0.05, 0) is 36.7 Å². The molecule has 2 aromatic rings. The van der Waals surface area contributed by atoms with Crippen LogP contribution >= 0.6 is 23.2 Å². The van der Waals surface area contributed by atoms with Crippen LogP contribution in [0.1, 0.15) is 12.0 Å². The number of nitrogens with two attached hydrogens (primary N) is 1. The van der Waals surface area contributed by atoms with Gasteiger partial charge in [0.05, 0.1) is 12.1 Å². The number of aldehydes is 1. The molecule has 174 valence electrons. The molecular weight excluding hydrogens is 458 g/mol. The minimum Gasteiger partial charge on any atom is -0.391 e. The summed E-state index contributed by atoms with van der Waals surface area (Å²) in [4.78, 5) is 22.7. The molecule has 0 amide bonds. The van der Waals surface area contributed by atoms with Crippen molar-refractivity contribution >= 4 is 41.1 Å². The standard InChI is InChI=1S/C21H27Cl2FN6O2/c1-29(9-13-4-15(22)6-16(23)5-13)21-19(24)20(27-12-28-21)26-8-14-2-3-30(10-18(14)32)17(7-25)11-31/h4-6,11-12,14,17-18,32H,2-3,7-10,25H2,1H3,(H,26,27,28)/t14-,17?,18+/m0/s1. The quantitative estimate of drug-likeness (QED) is 0.464. The van der Waals surface area contributed by atoms with Crippen molar-refractivity contribution in [1.29, 1.82) is 0 Å². The third kappa shape index (κ3) is 6.05. The molecule has 1 saturated heterocycles. The maximum absolute atomic E-state index is 15.1. The average molecular weight is 485 g/mol. The molecule has 3 atom stereocenters. The summed E-state index contributed by atoms with van der Waals surface area (Å²) in [7, 11) is 1.71. The number of piperidine rings is 1. The number of benzene rings is 1. The van der Waals surface area contributed by atoms with Crippen LogP contribution in [-0.4, -0.2) is 71.6 Å². The summed E-state index contributed by atoms with van der Waals surface area (Å²) in [5.41, 5.74) is 6.43. The molecule has 1 aromatic heterocycles. The zero-order chi connectivity index (χ0) is 23.3. The van der Waals surface area contributed by atoms with Gasteiger partial charge in [-0.1, -0.05) is 23.2 Å². The number of aliphatic hydroxyl groups excluding tert-OH is 1. The lowest BCUT2D eigenvalue weighted by molar-refractivity contribution is -0.113. The highest BCUT2D eigenvalue weighted by Crippen LogP contribution is 2.26.